The number of fused-ring (bicyclic) bond motifs is 1. The molecule has 0 aliphatic heterocycles. The maximum absolute atomic E-state index is 4.65. The summed E-state index contributed by atoms with van der Waals surface area (Å²) in [5.41, 5.74) is 7.60. The SMILES string of the molecule is CCc1nn(C)c(CC)c1CNC(=NC)NCCc1c[nH]c2cccc(C)c12.I. The zero-order valence-electron chi connectivity index (χ0n) is 18.1. The summed E-state index contributed by atoms with van der Waals surface area (Å²) in [5.74, 6) is 0.824. The van der Waals surface area contributed by atoms with Crippen molar-refractivity contribution in [1.29, 1.82) is 0 Å². The van der Waals surface area contributed by atoms with E-state index in [1.54, 1.807) is 0 Å². The molecule has 0 spiro atoms. The van der Waals surface area contributed by atoms with Gasteiger partial charge in [-0.15, -0.1) is 24.0 Å². The third-order valence-electron chi connectivity index (χ3n) is 5.37. The second kappa shape index (κ2) is 10.7. The Balaban J connectivity index is 0.00000300. The van der Waals surface area contributed by atoms with Crippen molar-refractivity contribution in [3.05, 3.63) is 52.5 Å². The van der Waals surface area contributed by atoms with Crippen LogP contribution in [-0.4, -0.2) is 34.3 Å². The summed E-state index contributed by atoms with van der Waals surface area (Å²) >= 11 is 0. The van der Waals surface area contributed by atoms with E-state index in [0.717, 1.165) is 44.0 Å². The van der Waals surface area contributed by atoms with E-state index in [2.05, 4.69) is 70.9 Å². The number of halogens is 1. The van der Waals surface area contributed by atoms with Gasteiger partial charge in [0.25, 0.3) is 0 Å². The summed E-state index contributed by atoms with van der Waals surface area (Å²) in [6.07, 6.45) is 4.98. The number of hydrogen-bond donors (Lipinski definition) is 3. The van der Waals surface area contributed by atoms with Crippen molar-refractivity contribution in [2.75, 3.05) is 13.6 Å². The summed E-state index contributed by atoms with van der Waals surface area (Å²) in [5, 5.41) is 12.9. The predicted octanol–water partition coefficient (Wildman–Crippen LogP) is 3.86. The highest BCUT2D eigenvalue weighted by Crippen LogP contribution is 2.22. The maximum Gasteiger partial charge on any atom is 0.191 e. The Morgan fingerprint density at radius 3 is 2.69 bits per heavy atom. The molecular weight excluding hydrogens is 475 g/mol. The first-order chi connectivity index (χ1) is 13.6. The van der Waals surface area contributed by atoms with E-state index >= 15 is 0 Å². The Morgan fingerprint density at radius 1 is 1.21 bits per heavy atom. The van der Waals surface area contributed by atoms with Gasteiger partial charge in [-0.05, 0) is 43.4 Å². The fourth-order valence-corrected chi connectivity index (χ4v) is 3.95. The third kappa shape index (κ3) is 5.12. The standard InChI is InChI=1S/C22H32N6.HI/c1-6-18-17(20(7-2)28(5)27-18)14-26-22(23-4)24-12-11-16-13-25-19-10-8-9-15(3)21(16)19;/h8-10,13,25H,6-7,11-12,14H2,1-5H3,(H2,23,24,26);1H. The van der Waals surface area contributed by atoms with E-state index in [-0.39, 0.29) is 24.0 Å². The molecule has 2 heterocycles. The lowest BCUT2D eigenvalue weighted by molar-refractivity contribution is 0.702. The molecule has 0 aliphatic carbocycles. The molecule has 0 radical (unpaired) electrons. The van der Waals surface area contributed by atoms with Gasteiger partial charge in [-0.3, -0.25) is 9.67 Å². The van der Waals surface area contributed by atoms with E-state index in [4.69, 9.17) is 0 Å². The van der Waals surface area contributed by atoms with Crippen LogP contribution in [0.1, 0.15) is 41.9 Å². The van der Waals surface area contributed by atoms with E-state index in [1.165, 1.54) is 33.3 Å². The molecule has 6 nitrogen and oxygen atoms in total. The van der Waals surface area contributed by atoms with Gasteiger partial charge in [-0.2, -0.15) is 5.10 Å². The molecule has 3 aromatic rings. The van der Waals surface area contributed by atoms with Crippen molar-refractivity contribution in [3.63, 3.8) is 0 Å². The van der Waals surface area contributed by atoms with Gasteiger partial charge >= 0.3 is 0 Å². The van der Waals surface area contributed by atoms with Crippen LogP contribution in [0.5, 0.6) is 0 Å². The Hall–Kier alpha value is -2.03. The van der Waals surface area contributed by atoms with Crippen LogP contribution in [0.2, 0.25) is 0 Å². The fraction of sp³-hybridized carbons (Fsp3) is 0.455. The molecule has 7 heteroatoms. The van der Waals surface area contributed by atoms with Gasteiger partial charge in [0.2, 0.25) is 0 Å². The van der Waals surface area contributed by atoms with Crippen LogP contribution in [0.25, 0.3) is 10.9 Å². The van der Waals surface area contributed by atoms with Crippen molar-refractivity contribution in [3.8, 4) is 0 Å². The Kier molecular flexibility index (Phi) is 8.55. The van der Waals surface area contributed by atoms with Crippen LogP contribution in [0.4, 0.5) is 0 Å². The first-order valence-corrected chi connectivity index (χ1v) is 10.1. The van der Waals surface area contributed by atoms with E-state index in [0.29, 0.717) is 0 Å². The number of aromatic amines is 1. The normalized spacial score (nSPS) is 11.6. The number of H-pyrrole nitrogens is 1. The van der Waals surface area contributed by atoms with Crippen molar-refractivity contribution in [2.24, 2.45) is 12.0 Å². The number of aliphatic imine (C=N–C) groups is 1. The highest BCUT2D eigenvalue weighted by Gasteiger charge is 2.14. The van der Waals surface area contributed by atoms with Crippen LogP contribution in [0.15, 0.2) is 29.4 Å². The number of benzene rings is 1. The van der Waals surface area contributed by atoms with Gasteiger partial charge in [0, 0.05) is 55.5 Å². The molecule has 0 amide bonds. The van der Waals surface area contributed by atoms with Crippen molar-refractivity contribution in [2.45, 2.75) is 46.6 Å². The van der Waals surface area contributed by atoms with Crippen LogP contribution in [0.3, 0.4) is 0 Å². The molecule has 2 aromatic heterocycles. The quantitative estimate of drug-likeness (QED) is 0.258. The molecule has 0 atom stereocenters. The van der Waals surface area contributed by atoms with Gasteiger partial charge < -0.3 is 15.6 Å². The molecule has 158 valence electrons. The molecule has 3 N–H and O–H groups in total. The highest BCUT2D eigenvalue weighted by molar-refractivity contribution is 14.0. The first-order valence-electron chi connectivity index (χ1n) is 10.1. The number of rotatable bonds is 7. The number of nitrogens with zero attached hydrogens (tertiary/aromatic N) is 3. The van der Waals surface area contributed by atoms with Gasteiger partial charge in [0.05, 0.1) is 5.69 Å². The number of nitrogens with one attached hydrogen (secondary N) is 3. The third-order valence-corrected chi connectivity index (χ3v) is 5.37. The van der Waals surface area contributed by atoms with E-state index in [9.17, 15) is 0 Å². The first kappa shape index (κ1) is 23.3. The lowest BCUT2D eigenvalue weighted by Gasteiger charge is -2.13. The van der Waals surface area contributed by atoms with Gasteiger partial charge in [-0.1, -0.05) is 26.0 Å². The molecule has 0 aliphatic rings. The Labute approximate surface area is 190 Å². The molecule has 3 rings (SSSR count). The molecule has 0 saturated carbocycles. The summed E-state index contributed by atoms with van der Waals surface area (Å²) < 4.78 is 2.01. The zero-order valence-corrected chi connectivity index (χ0v) is 20.4. The molecular formula is C22H33IN6. The molecule has 29 heavy (non-hydrogen) atoms. The lowest BCUT2D eigenvalue weighted by atomic mass is 10.1. The molecule has 0 unspecified atom stereocenters. The fourth-order valence-electron chi connectivity index (χ4n) is 3.95. The van der Waals surface area contributed by atoms with Crippen molar-refractivity contribution >= 4 is 40.8 Å². The highest BCUT2D eigenvalue weighted by atomic mass is 127. The average molecular weight is 508 g/mol. The number of aromatic nitrogens is 3. The maximum atomic E-state index is 4.65. The second-order valence-electron chi connectivity index (χ2n) is 7.12. The monoisotopic (exact) mass is 508 g/mol. The lowest BCUT2D eigenvalue weighted by Crippen LogP contribution is -2.38. The van der Waals surface area contributed by atoms with Gasteiger partial charge in [0.15, 0.2) is 5.96 Å². The largest absolute Gasteiger partial charge is 0.361 e. The predicted molar refractivity (Wildman–Crippen MR) is 132 cm³/mol. The average Bonchev–Trinajstić information content (AvgIpc) is 3.25. The summed E-state index contributed by atoms with van der Waals surface area (Å²) in [7, 11) is 3.84. The van der Waals surface area contributed by atoms with Crippen molar-refractivity contribution < 1.29 is 0 Å². The molecule has 0 saturated heterocycles. The summed E-state index contributed by atoms with van der Waals surface area (Å²) in [4.78, 5) is 7.75. The number of aryl methyl sites for hydroxylation is 3. The molecule has 0 fully saturated rings. The molecule has 1 aromatic carbocycles. The van der Waals surface area contributed by atoms with Crippen LogP contribution in [0, 0.1) is 6.92 Å². The Bertz CT molecular complexity index is 969. The van der Waals surface area contributed by atoms with Gasteiger partial charge in [-0.25, -0.2) is 0 Å². The molecule has 0 bridgehead atoms. The second-order valence-corrected chi connectivity index (χ2v) is 7.12. The summed E-state index contributed by atoms with van der Waals surface area (Å²) in [6.45, 7) is 8.07. The van der Waals surface area contributed by atoms with E-state index < -0.39 is 0 Å². The van der Waals surface area contributed by atoms with Crippen LogP contribution in [-0.2, 0) is 32.9 Å². The van der Waals surface area contributed by atoms with Crippen LogP contribution < -0.4 is 10.6 Å². The minimum absolute atomic E-state index is 0. The number of guanidine groups is 1. The Morgan fingerprint density at radius 2 is 2.00 bits per heavy atom. The van der Waals surface area contributed by atoms with Gasteiger partial charge in [0.1, 0.15) is 0 Å². The zero-order chi connectivity index (χ0) is 20.1. The number of hydrogen-bond acceptors (Lipinski definition) is 2. The topological polar surface area (TPSA) is 70.0 Å². The van der Waals surface area contributed by atoms with Crippen LogP contribution >= 0.6 is 24.0 Å². The van der Waals surface area contributed by atoms with Crippen molar-refractivity contribution in [1.82, 2.24) is 25.4 Å². The summed E-state index contributed by atoms with van der Waals surface area (Å²) in [6, 6.07) is 6.39. The minimum atomic E-state index is 0. The smallest absolute Gasteiger partial charge is 0.191 e. The van der Waals surface area contributed by atoms with E-state index in [1.807, 2.05) is 18.8 Å². The minimum Gasteiger partial charge on any atom is -0.361 e.